The highest BCUT2D eigenvalue weighted by molar-refractivity contribution is 7.99. The van der Waals surface area contributed by atoms with Crippen LogP contribution in [0.25, 0.3) is 0 Å². The minimum Gasteiger partial charge on any atom is -0.309 e. The second-order valence-corrected chi connectivity index (χ2v) is 6.53. The van der Waals surface area contributed by atoms with E-state index in [-0.39, 0.29) is 11.9 Å². The van der Waals surface area contributed by atoms with Crippen LogP contribution < -0.4 is 4.90 Å². The SMILES string of the molecule is C[C@H]1Cc2ccccc2N1C(=O)CCSc1ccccc1. The van der Waals surface area contributed by atoms with Crippen molar-refractivity contribution in [3.8, 4) is 0 Å². The first kappa shape index (κ1) is 14.2. The van der Waals surface area contributed by atoms with Gasteiger partial charge < -0.3 is 4.90 Å². The van der Waals surface area contributed by atoms with Crippen molar-refractivity contribution in [1.29, 1.82) is 0 Å². The fourth-order valence-corrected chi connectivity index (χ4v) is 3.70. The fourth-order valence-electron chi connectivity index (χ4n) is 2.84. The molecule has 0 aliphatic carbocycles. The van der Waals surface area contributed by atoms with Crippen molar-refractivity contribution in [2.24, 2.45) is 0 Å². The maximum Gasteiger partial charge on any atom is 0.228 e. The van der Waals surface area contributed by atoms with Crippen LogP contribution in [0.3, 0.4) is 0 Å². The summed E-state index contributed by atoms with van der Waals surface area (Å²) >= 11 is 1.74. The molecule has 0 aromatic heterocycles. The molecule has 1 amide bonds. The Kier molecular flexibility index (Phi) is 4.30. The third-order valence-electron chi connectivity index (χ3n) is 3.80. The summed E-state index contributed by atoms with van der Waals surface area (Å²) in [5.41, 5.74) is 2.38. The van der Waals surface area contributed by atoms with Crippen LogP contribution in [0.5, 0.6) is 0 Å². The van der Waals surface area contributed by atoms with E-state index in [2.05, 4.69) is 31.2 Å². The molecule has 0 N–H and O–H groups in total. The molecular formula is C18H19NOS. The van der Waals surface area contributed by atoms with Gasteiger partial charge in [0.2, 0.25) is 5.91 Å². The second kappa shape index (κ2) is 6.35. The largest absolute Gasteiger partial charge is 0.309 e. The zero-order chi connectivity index (χ0) is 14.7. The molecule has 1 aliphatic rings. The monoisotopic (exact) mass is 297 g/mol. The predicted molar refractivity (Wildman–Crippen MR) is 88.9 cm³/mol. The number of hydrogen-bond acceptors (Lipinski definition) is 2. The number of hydrogen-bond donors (Lipinski definition) is 0. The van der Waals surface area contributed by atoms with Crippen LogP contribution in [0.2, 0.25) is 0 Å². The maximum absolute atomic E-state index is 12.5. The second-order valence-electron chi connectivity index (χ2n) is 5.36. The zero-order valence-electron chi connectivity index (χ0n) is 12.2. The first-order valence-corrected chi connectivity index (χ1v) is 8.32. The quantitative estimate of drug-likeness (QED) is 0.790. The Labute approximate surface area is 130 Å². The third kappa shape index (κ3) is 3.13. The highest BCUT2D eigenvalue weighted by Crippen LogP contribution is 2.32. The van der Waals surface area contributed by atoms with Gasteiger partial charge in [-0.2, -0.15) is 0 Å². The maximum atomic E-state index is 12.5. The molecule has 1 aliphatic heterocycles. The van der Waals surface area contributed by atoms with Crippen LogP contribution in [-0.2, 0) is 11.2 Å². The topological polar surface area (TPSA) is 20.3 Å². The van der Waals surface area contributed by atoms with E-state index in [1.54, 1.807) is 11.8 Å². The van der Waals surface area contributed by atoms with Crippen molar-refractivity contribution < 1.29 is 4.79 Å². The van der Waals surface area contributed by atoms with Crippen LogP contribution >= 0.6 is 11.8 Å². The van der Waals surface area contributed by atoms with Gasteiger partial charge in [-0.3, -0.25) is 4.79 Å². The summed E-state index contributed by atoms with van der Waals surface area (Å²) in [6.07, 6.45) is 1.55. The van der Waals surface area contributed by atoms with Crippen LogP contribution in [0, 0.1) is 0 Å². The van der Waals surface area contributed by atoms with Gasteiger partial charge in [-0.1, -0.05) is 36.4 Å². The summed E-state index contributed by atoms with van der Waals surface area (Å²) in [6, 6.07) is 18.8. The number of nitrogens with zero attached hydrogens (tertiary/aromatic N) is 1. The van der Waals surface area contributed by atoms with Gasteiger partial charge in [0.05, 0.1) is 0 Å². The molecule has 0 radical (unpaired) electrons. The average Bonchev–Trinajstić information content (AvgIpc) is 2.84. The van der Waals surface area contributed by atoms with E-state index in [9.17, 15) is 4.79 Å². The molecule has 1 heterocycles. The highest BCUT2D eigenvalue weighted by Gasteiger charge is 2.29. The average molecular weight is 297 g/mol. The molecule has 0 saturated carbocycles. The Morgan fingerprint density at radius 2 is 1.86 bits per heavy atom. The molecule has 0 bridgehead atoms. The number of carbonyl (C=O) groups is 1. The lowest BCUT2D eigenvalue weighted by Gasteiger charge is -2.22. The summed E-state index contributed by atoms with van der Waals surface area (Å²) in [5.74, 6) is 1.06. The smallest absolute Gasteiger partial charge is 0.228 e. The summed E-state index contributed by atoms with van der Waals surface area (Å²) in [5, 5.41) is 0. The van der Waals surface area contributed by atoms with Gasteiger partial charge in [-0.25, -0.2) is 0 Å². The Balaban J connectivity index is 1.61. The van der Waals surface area contributed by atoms with Gasteiger partial charge in [-0.15, -0.1) is 11.8 Å². The summed E-state index contributed by atoms with van der Waals surface area (Å²) in [7, 11) is 0. The van der Waals surface area contributed by atoms with Crippen molar-refractivity contribution in [2.75, 3.05) is 10.7 Å². The zero-order valence-corrected chi connectivity index (χ0v) is 13.0. The minimum absolute atomic E-state index is 0.232. The van der Waals surface area contributed by atoms with Gasteiger partial charge in [0.1, 0.15) is 0 Å². The Bertz CT molecular complexity index is 626. The lowest BCUT2D eigenvalue weighted by molar-refractivity contribution is -0.118. The molecular weight excluding hydrogens is 278 g/mol. The standard InChI is InChI=1S/C18H19NOS/c1-14-13-15-7-5-6-10-17(15)19(14)18(20)11-12-21-16-8-3-2-4-9-16/h2-10,14H,11-13H2,1H3/t14-/m0/s1. The molecule has 0 fully saturated rings. The molecule has 3 rings (SSSR count). The number of amides is 1. The van der Waals surface area contributed by atoms with Crippen molar-refractivity contribution in [2.45, 2.75) is 30.7 Å². The third-order valence-corrected chi connectivity index (χ3v) is 4.82. The molecule has 3 heteroatoms. The van der Waals surface area contributed by atoms with Gasteiger partial charge >= 0.3 is 0 Å². The molecule has 108 valence electrons. The van der Waals surface area contributed by atoms with Crippen LogP contribution in [0.4, 0.5) is 5.69 Å². The Morgan fingerprint density at radius 1 is 1.14 bits per heavy atom. The molecule has 2 aromatic rings. The molecule has 21 heavy (non-hydrogen) atoms. The normalized spacial score (nSPS) is 16.8. The Morgan fingerprint density at radius 3 is 2.67 bits per heavy atom. The molecule has 1 atom stereocenters. The van der Waals surface area contributed by atoms with E-state index >= 15 is 0 Å². The van der Waals surface area contributed by atoms with Crippen LogP contribution in [0.1, 0.15) is 18.9 Å². The van der Waals surface area contributed by atoms with Gasteiger partial charge in [0.15, 0.2) is 0 Å². The van der Waals surface area contributed by atoms with Crippen molar-refractivity contribution in [3.05, 3.63) is 60.2 Å². The summed E-state index contributed by atoms with van der Waals surface area (Å²) < 4.78 is 0. The lowest BCUT2D eigenvalue weighted by Crippen LogP contribution is -2.35. The van der Waals surface area contributed by atoms with Gasteiger partial charge in [0.25, 0.3) is 0 Å². The van der Waals surface area contributed by atoms with E-state index in [0.717, 1.165) is 17.9 Å². The number of carbonyl (C=O) groups excluding carboxylic acids is 1. The number of fused-ring (bicyclic) bond motifs is 1. The van der Waals surface area contributed by atoms with Crippen molar-refractivity contribution in [1.82, 2.24) is 0 Å². The minimum atomic E-state index is 0.232. The highest BCUT2D eigenvalue weighted by atomic mass is 32.2. The van der Waals surface area contributed by atoms with E-state index in [4.69, 9.17) is 0 Å². The number of anilines is 1. The summed E-state index contributed by atoms with van der Waals surface area (Å²) in [6.45, 7) is 2.13. The molecule has 0 unspecified atom stereocenters. The number of para-hydroxylation sites is 1. The van der Waals surface area contributed by atoms with E-state index in [0.29, 0.717) is 6.42 Å². The Hall–Kier alpha value is -1.74. The van der Waals surface area contributed by atoms with Crippen LogP contribution in [-0.4, -0.2) is 17.7 Å². The van der Waals surface area contributed by atoms with Crippen molar-refractivity contribution in [3.63, 3.8) is 0 Å². The molecule has 2 nitrogen and oxygen atoms in total. The predicted octanol–water partition coefficient (Wildman–Crippen LogP) is 4.15. The first-order valence-electron chi connectivity index (χ1n) is 7.33. The first-order chi connectivity index (χ1) is 10.3. The van der Waals surface area contributed by atoms with Crippen LogP contribution in [0.15, 0.2) is 59.5 Å². The molecule has 2 aromatic carbocycles. The number of rotatable bonds is 4. The van der Waals surface area contributed by atoms with Gasteiger partial charge in [0, 0.05) is 28.8 Å². The number of thioether (sulfide) groups is 1. The molecule has 0 saturated heterocycles. The van der Waals surface area contributed by atoms with E-state index < -0.39 is 0 Å². The molecule has 0 spiro atoms. The summed E-state index contributed by atoms with van der Waals surface area (Å²) in [4.78, 5) is 15.7. The number of benzene rings is 2. The van der Waals surface area contributed by atoms with Gasteiger partial charge in [-0.05, 0) is 37.1 Å². The van der Waals surface area contributed by atoms with E-state index in [1.807, 2.05) is 35.2 Å². The lowest BCUT2D eigenvalue weighted by atomic mass is 10.1. The fraction of sp³-hybridized carbons (Fsp3) is 0.278. The van der Waals surface area contributed by atoms with E-state index in [1.165, 1.54) is 10.5 Å². The van der Waals surface area contributed by atoms with Crippen molar-refractivity contribution >= 4 is 23.4 Å².